The number of carboxylic acids is 1. The van der Waals surface area contributed by atoms with E-state index >= 15 is 0 Å². The first kappa shape index (κ1) is 9.75. The maximum Gasteiger partial charge on any atom is 0.317 e. The largest absolute Gasteiger partial charge is 0.480 e. The van der Waals surface area contributed by atoms with E-state index in [0.717, 1.165) is 0 Å². The number of carbonyl (C=O) groups is 1. The monoisotopic (exact) mass is 183 g/mol. The molecule has 0 saturated carbocycles. The van der Waals surface area contributed by atoms with Gasteiger partial charge in [-0.3, -0.25) is 4.79 Å². The fraction of sp³-hybridized carbons (Fsp3) is 0.400. The van der Waals surface area contributed by atoms with Gasteiger partial charge in [0, 0.05) is 17.1 Å². The maximum atomic E-state index is 9.91. The lowest BCUT2D eigenvalue weighted by Crippen LogP contribution is -2.23. The third-order valence-corrected chi connectivity index (χ3v) is 1.31. The summed E-state index contributed by atoms with van der Waals surface area (Å²) in [4.78, 5) is 9.91. The van der Waals surface area contributed by atoms with Crippen LogP contribution in [-0.4, -0.2) is 24.2 Å². The third-order valence-electron chi connectivity index (χ3n) is 0.688. The molecule has 0 aromatic carbocycles. The molecular weight excluding hydrogens is 177 g/mol. The summed E-state index contributed by atoms with van der Waals surface area (Å²) in [5.41, 5.74) is 1.19. The molecule has 10 heavy (non-hydrogen) atoms. The van der Waals surface area contributed by atoms with Crippen molar-refractivity contribution in [1.82, 2.24) is 5.32 Å². The van der Waals surface area contributed by atoms with Gasteiger partial charge in [0.15, 0.2) is 0 Å². The summed E-state index contributed by atoms with van der Waals surface area (Å²) in [6, 6.07) is 0. The predicted molar refractivity (Wildman–Crippen MR) is 40.3 cm³/mol. The average Bonchev–Trinajstić information content (AvgIpc) is 1.87. The van der Waals surface area contributed by atoms with Gasteiger partial charge < -0.3 is 10.4 Å². The van der Waals surface area contributed by atoms with Gasteiger partial charge in [-0.25, -0.2) is 0 Å². The Bertz CT molecular complexity index is 147. The Balaban J connectivity index is 3.29. The second kappa shape index (κ2) is 5.53. The molecule has 2 N–H and O–H groups in total. The van der Waals surface area contributed by atoms with Crippen molar-refractivity contribution in [3.05, 3.63) is 10.6 Å². The fourth-order valence-electron chi connectivity index (χ4n) is 0.327. The normalized spacial score (nSPS) is 11.6. The second-order valence-electron chi connectivity index (χ2n) is 1.55. The van der Waals surface area contributed by atoms with Gasteiger partial charge in [-0.2, -0.15) is 0 Å². The maximum absolute atomic E-state index is 9.91. The quantitative estimate of drug-likeness (QED) is 0.684. The van der Waals surface area contributed by atoms with Crippen molar-refractivity contribution < 1.29 is 9.90 Å². The molecule has 0 aliphatic carbocycles. The van der Waals surface area contributed by atoms with E-state index in [0.29, 0.717) is 5.03 Å². The Labute approximate surface area is 68.6 Å². The Kier molecular flexibility index (Phi) is 5.39. The zero-order valence-corrected chi connectivity index (χ0v) is 6.61. The Hall–Kier alpha value is -0.250. The van der Waals surface area contributed by atoms with Crippen LogP contribution in [0.2, 0.25) is 0 Å². The Morgan fingerprint density at radius 2 is 2.20 bits per heavy atom. The van der Waals surface area contributed by atoms with E-state index in [4.69, 9.17) is 28.3 Å². The van der Waals surface area contributed by atoms with E-state index in [9.17, 15) is 4.79 Å². The summed E-state index contributed by atoms with van der Waals surface area (Å²) in [5, 5.41) is 11.1. The zero-order chi connectivity index (χ0) is 7.98. The summed E-state index contributed by atoms with van der Waals surface area (Å²) >= 11 is 10.6. The zero-order valence-electron chi connectivity index (χ0n) is 5.10. The van der Waals surface area contributed by atoms with Crippen LogP contribution in [-0.2, 0) is 4.79 Å². The first-order valence-corrected chi connectivity index (χ1v) is 3.35. The van der Waals surface area contributed by atoms with Crippen LogP contribution in [0.1, 0.15) is 0 Å². The molecule has 0 amide bonds. The van der Waals surface area contributed by atoms with Crippen molar-refractivity contribution in [2.45, 2.75) is 0 Å². The van der Waals surface area contributed by atoms with Gasteiger partial charge in [0.25, 0.3) is 0 Å². The van der Waals surface area contributed by atoms with E-state index in [-0.39, 0.29) is 13.1 Å². The van der Waals surface area contributed by atoms with E-state index in [1.165, 1.54) is 5.54 Å². The smallest absolute Gasteiger partial charge is 0.317 e. The number of hydrogen-bond acceptors (Lipinski definition) is 2. The summed E-state index contributed by atoms with van der Waals surface area (Å²) in [5.74, 6) is -0.918. The Morgan fingerprint density at radius 1 is 1.60 bits per heavy atom. The van der Waals surface area contributed by atoms with Crippen molar-refractivity contribution in [3.63, 3.8) is 0 Å². The molecule has 0 aliphatic heterocycles. The molecule has 0 heterocycles. The average molecular weight is 184 g/mol. The standard InChI is InChI=1S/C5H7Cl2NO2/c6-1-4(7)2-8-3-5(9)10/h1,8H,2-3H2,(H,9,10). The van der Waals surface area contributed by atoms with Crippen LogP contribution in [0.4, 0.5) is 0 Å². The SMILES string of the molecule is O=C(O)CNCC(Cl)=CCl. The first-order chi connectivity index (χ1) is 4.66. The Morgan fingerprint density at radius 3 is 2.60 bits per heavy atom. The molecule has 0 bridgehead atoms. The highest BCUT2D eigenvalue weighted by molar-refractivity contribution is 6.36. The van der Waals surface area contributed by atoms with Crippen LogP contribution in [0.5, 0.6) is 0 Å². The van der Waals surface area contributed by atoms with Crippen molar-refractivity contribution in [1.29, 1.82) is 0 Å². The highest BCUT2D eigenvalue weighted by atomic mass is 35.5. The molecule has 0 fully saturated rings. The fourth-order valence-corrected chi connectivity index (χ4v) is 0.499. The number of rotatable bonds is 4. The third kappa shape index (κ3) is 5.88. The van der Waals surface area contributed by atoms with Crippen molar-refractivity contribution in [2.24, 2.45) is 0 Å². The van der Waals surface area contributed by atoms with Crippen LogP contribution < -0.4 is 5.32 Å². The van der Waals surface area contributed by atoms with Crippen LogP contribution in [0.15, 0.2) is 10.6 Å². The molecule has 0 spiro atoms. The number of carboxylic acid groups (broad SMARTS) is 1. The summed E-state index contributed by atoms with van der Waals surface area (Å²) in [7, 11) is 0. The number of halogens is 2. The molecule has 0 rings (SSSR count). The van der Waals surface area contributed by atoms with Crippen molar-refractivity contribution >= 4 is 29.2 Å². The predicted octanol–water partition coefficient (Wildman–Crippen LogP) is 0.980. The number of aliphatic carboxylic acids is 1. The minimum Gasteiger partial charge on any atom is -0.480 e. The van der Waals surface area contributed by atoms with Gasteiger partial charge in [0.1, 0.15) is 0 Å². The van der Waals surface area contributed by atoms with Gasteiger partial charge in [-0.05, 0) is 0 Å². The molecule has 0 saturated heterocycles. The van der Waals surface area contributed by atoms with E-state index < -0.39 is 5.97 Å². The molecule has 0 aromatic heterocycles. The highest BCUT2D eigenvalue weighted by Crippen LogP contribution is 1.99. The van der Waals surface area contributed by atoms with Crippen LogP contribution in [0, 0.1) is 0 Å². The van der Waals surface area contributed by atoms with E-state index in [1.54, 1.807) is 0 Å². The van der Waals surface area contributed by atoms with Gasteiger partial charge in [0.2, 0.25) is 0 Å². The van der Waals surface area contributed by atoms with Gasteiger partial charge in [-0.1, -0.05) is 23.2 Å². The minimum absolute atomic E-state index is 0.110. The lowest BCUT2D eigenvalue weighted by Gasteiger charge is -1.96. The lowest BCUT2D eigenvalue weighted by atomic mass is 10.5. The molecule has 0 aliphatic rings. The van der Waals surface area contributed by atoms with Crippen LogP contribution >= 0.6 is 23.2 Å². The lowest BCUT2D eigenvalue weighted by molar-refractivity contribution is -0.135. The van der Waals surface area contributed by atoms with Crippen molar-refractivity contribution in [2.75, 3.05) is 13.1 Å². The van der Waals surface area contributed by atoms with Crippen LogP contribution in [0.25, 0.3) is 0 Å². The van der Waals surface area contributed by atoms with Gasteiger partial charge in [0.05, 0.1) is 6.54 Å². The van der Waals surface area contributed by atoms with Crippen molar-refractivity contribution in [3.8, 4) is 0 Å². The minimum atomic E-state index is -0.918. The highest BCUT2D eigenvalue weighted by Gasteiger charge is 1.95. The molecule has 0 aromatic rings. The molecule has 58 valence electrons. The molecule has 0 unspecified atom stereocenters. The van der Waals surface area contributed by atoms with Gasteiger partial charge >= 0.3 is 5.97 Å². The molecular formula is C5H7Cl2NO2. The van der Waals surface area contributed by atoms with E-state index in [2.05, 4.69) is 5.32 Å². The first-order valence-electron chi connectivity index (χ1n) is 2.54. The van der Waals surface area contributed by atoms with Crippen LogP contribution in [0.3, 0.4) is 0 Å². The molecule has 5 heteroatoms. The summed E-state index contributed by atoms with van der Waals surface area (Å²) in [6.45, 7) is 0.179. The van der Waals surface area contributed by atoms with Gasteiger partial charge in [-0.15, -0.1) is 0 Å². The second-order valence-corrected chi connectivity index (χ2v) is 2.26. The molecule has 0 atom stereocenters. The molecule has 0 radical (unpaired) electrons. The summed E-state index contributed by atoms with van der Waals surface area (Å²) < 4.78 is 0. The molecule has 3 nitrogen and oxygen atoms in total. The number of nitrogens with one attached hydrogen (secondary N) is 1. The summed E-state index contributed by atoms with van der Waals surface area (Å²) in [6.07, 6.45) is 0. The topological polar surface area (TPSA) is 49.3 Å². The number of hydrogen-bond donors (Lipinski definition) is 2. The van der Waals surface area contributed by atoms with E-state index in [1.807, 2.05) is 0 Å².